The summed E-state index contributed by atoms with van der Waals surface area (Å²) in [5.74, 6) is -2.43. The fourth-order valence-corrected chi connectivity index (χ4v) is 6.84. The van der Waals surface area contributed by atoms with Gasteiger partial charge in [0.15, 0.2) is 6.04 Å². The summed E-state index contributed by atoms with van der Waals surface area (Å²) >= 11 is 0. The zero-order chi connectivity index (χ0) is 42.8. The highest BCUT2D eigenvalue weighted by Crippen LogP contribution is 2.43. The number of nitrogens with one attached hydrogen (secondary N) is 1. The highest BCUT2D eigenvalue weighted by molar-refractivity contribution is 7.47. The lowest BCUT2D eigenvalue weighted by Crippen LogP contribution is -2.43. The number of ether oxygens (including phenoxy) is 1. The zero-order valence-electron chi connectivity index (χ0n) is 36.3. The van der Waals surface area contributed by atoms with Crippen molar-refractivity contribution in [2.45, 2.75) is 206 Å². The molecule has 0 aromatic rings. The average molecular weight is 840 g/mol. The van der Waals surface area contributed by atoms with Gasteiger partial charge < -0.3 is 25.2 Å². The summed E-state index contributed by atoms with van der Waals surface area (Å²) in [6.45, 7) is 2.52. The zero-order valence-corrected chi connectivity index (χ0v) is 37.2. The average Bonchev–Trinajstić information content (AvgIpc) is 3.20. The quantitative estimate of drug-likeness (QED) is 0.0201. The first-order valence-electron chi connectivity index (χ1n) is 22.7. The van der Waals surface area contributed by atoms with E-state index in [1.165, 1.54) is 103 Å². The summed E-state index contributed by atoms with van der Waals surface area (Å²) in [4.78, 5) is 45.9. The van der Waals surface area contributed by atoms with Gasteiger partial charge in [-0.05, 0) is 51.4 Å². The molecule has 58 heavy (non-hydrogen) atoms. The van der Waals surface area contributed by atoms with Crippen molar-refractivity contribution in [3.05, 3.63) is 48.6 Å². The molecule has 0 aliphatic rings. The lowest BCUT2D eigenvalue weighted by Gasteiger charge is -2.18. The predicted octanol–water partition coefficient (Wildman–Crippen LogP) is 11.8. The Labute approximate surface area is 352 Å². The van der Waals surface area contributed by atoms with E-state index < -0.39 is 57.6 Å². The Balaban J connectivity index is 3.95. The topological polar surface area (TPSA) is 169 Å². The molecule has 0 fully saturated rings. The summed E-state index contributed by atoms with van der Waals surface area (Å²) in [5, 5.41) is 21.8. The van der Waals surface area contributed by atoms with Crippen LogP contribution in [0, 0.1) is 0 Å². The summed E-state index contributed by atoms with van der Waals surface area (Å²) in [7, 11) is -4.77. The summed E-state index contributed by atoms with van der Waals surface area (Å²) in [6.07, 6.45) is 45.7. The monoisotopic (exact) mass is 840 g/mol. The van der Waals surface area contributed by atoms with E-state index in [-0.39, 0.29) is 12.8 Å². The van der Waals surface area contributed by atoms with E-state index in [4.69, 9.17) is 13.8 Å². The lowest BCUT2D eigenvalue weighted by atomic mass is 10.0. The van der Waals surface area contributed by atoms with E-state index in [1.54, 1.807) is 0 Å². The Bertz CT molecular complexity index is 1170. The first-order chi connectivity index (χ1) is 28.1. The van der Waals surface area contributed by atoms with Crippen molar-refractivity contribution in [1.82, 2.24) is 5.32 Å². The Kier molecular flexibility index (Phi) is 39.4. The molecule has 0 heterocycles. The van der Waals surface area contributed by atoms with Gasteiger partial charge in [0.2, 0.25) is 5.91 Å². The molecule has 1 amide bonds. The fraction of sp³-hybridized carbons (Fsp3) is 0.761. The molecule has 0 aromatic heterocycles. The number of esters is 1. The molecule has 3 atom stereocenters. The molecule has 336 valence electrons. The van der Waals surface area contributed by atoms with Gasteiger partial charge in [-0.3, -0.25) is 18.6 Å². The van der Waals surface area contributed by atoms with Crippen molar-refractivity contribution in [3.63, 3.8) is 0 Å². The number of hydrogen-bond acceptors (Lipinski definition) is 8. The summed E-state index contributed by atoms with van der Waals surface area (Å²) < 4.78 is 26.8. The molecule has 0 saturated heterocycles. The Hall–Kier alpha value is -2.56. The molecule has 3 unspecified atom stereocenters. The van der Waals surface area contributed by atoms with Crippen molar-refractivity contribution in [1.29, 1.82) is 0 Å². The van der Waals surface area contributed by atoms with E-state index in [1.807, 2.05) is 12.2 Å². The number of carbonyl (C=O) groups is 3. The van der Waals surface area contributed by atoms with E-state index >= 15 is 0 Å². The molecule has 0 bridgehead atoms. The number of amides is 1. The molecular formula is C46H82NO10P. The van der Waals surface area contributed by atoms with Crippen LogP contribution in [0.2, 0.25) is 0 Å². The van der Waals surface area contributed by atoms with Crippen LogP contribution >= 0.6 is 7.82 Å². The number of carboxylic acid groups (broad SMARTS) is 1. The van der Waals surface area contributed by atoms with Crippen LogP contribution < -0.4 is 5.32 Å². The number of phosphoric ester groups is 1. The number of hydrogen-bond donors (Lipinski definition) is 4. The maximum absolute atomic E-state index is 12.3. The molecule has 0 rings (SSSR count). The van der Waals surface area contributed by atoms with Crippen LogP contribution in [0.4, 0.5) is 0 Å². The summed E-state index contributed by atoms with van der Waals surface area (Å²) in [5.41, 5.74) is 0. The van der Waals surface area contributed by atoms with Gasteiger partial charge in [0.05, 0.1) is 13.2 Å². The maximum Gasteiger partial charge on any atom is 0.472 e. The largest absolute Gasteiger partial charge is 0.480 e. The van der Waals surface area contributed by atoms with E-state index in [0.29, 0.717) is 19.3 Å². The highest BCUT2D eigenvalue weighted by atomic mass is 31.2. The molecular weight excluding hydrogens is 757 g/mol. The van der Waals surface area contributed by atoms with Crippen LogP contribution in [0.1, 0.15) is 194 Å². The number of aliphatic hydroxyl groups excluding tert-OH is 1. The third-order valence-electron chi connectivity index (χ3n) is 9.62. The molecule has 4 N–H and O–H groups in total. The van der Waals surface area contributed by atoms with Gasteiger partial charge >= 0.3 is 19.8 Å². The van der Waals surface area contributed by atoms with Crippen molar-refractivity contribution in [2.24, 2.45) is 0 Å². The molecule has 0 spiro atoms. The van der Waals surface area contributed by atoms with Crippen LogP contribution in [0.3, 0.4) is 0 Å². The second-order valence-corrected chi connectivity index (χ2v) is 16.7. The summed E-state index contributed by atoms with van der Waals surface area (Å²) in [6, 6.07) is -1.55. The minimum atomic E-state index is -4.77. The standard InChI is InChI=1S/C46H82NO10P/c1-3-5-7-9-11-13-15-17-19-21-23-25-27-29-31-33-35-37-44(49)47-43(46(51)52)41-57-58(53,54)56-40-42(48)39-55-45(50)38-36-34-32-30-28-26-24-22-20-18-16-14-12-10-8-6-4-2/h12,14,18,20,24,26,30,32,42-43,48H,3-11,13,15-17,19,21-23,25,27-29,31,33-41H2,1-2H3,(H,47,49)(H,51,52)(H,53,54)/b14-12-,20-18-,26-24-,32-30-. The second-order valence-electron chi connectivity index (χ2n) is 15.2. The molecule has 0 saturated carbocycles. The van der Waals surface area contributed by atoms with Gasteiger partial charge in [-0.1, -0.05) is 178 Å². The number of carbonyl (C=O) groups excluding carboxylic acids is 2. The van der Waals surface area contributed by atoms with Crippen LogP contribution in [-0.2, 0) is 32.7 Å². The Morgan fingerprint density at radius 1 is 0.552 bits per heavy atom. The number of unbranched alkanes of at least 4 members (excludes halogenated alkanes) is 20. The predicted molar refractivity (Wildman–Crippen MR) is 235 cm³/mol. The minimum absolute atomic E-state index is 0.144. The number of aliphatic hydroxyl groups is 1. The molecule has 12 heteroatoms. The third-order valence-corrected chi connectivity index (χ3v) is 10.6. The molecule has 0 aromatic carbocycles. The van der Waals surface area contributed by atoms with Crippen molar-refractivity contribution < 1.29 is 47.8 Å². The number of rotatable bonds is 42. The van der Waals surface area contributed by atoms with Crippen LogP contribution in [-0.4, -0.2) is 64.9 Å². The third kappa shape index (κ3) is 40.2. The van der Waals surface area contributed by atoms with Gasteiger partial charge in [0, 0.05) is 12.8 Å². The molecule has 0 radical (unpaired) electrons. The van der Waals surface area contributed by atoms with E-state index in [9.17, 15) is 34.1 Å². The van der Waals surface area contributed by atoms with Crippen LogP contribution in [0.15, 0.2) is 48.6 Å². The maximum atomic E-state index is 12.3. The fourth-order valence-electron chi connectivity index (χ4n) is 6.07. The van der Waals surface area contributed by atoms with Crippen molar-refractivity contribution in [2.75, 3.05) is 19.8 Å². The van der Waals surface area contributed by atoms with Gasteiger partial charge in [-0.15, -0.1) is 0 Å². The second kappa shape index (κ2) is 41.2. The van der Waals surface area contributed by atoms with Crippen molar-refractivity contribution in [3.8, 4) is 0 Å². The van der Waals surface area contributed by atoms with Gasteiger partial charge in [0.1, 0.15) is 12.7 Å². The SMILES string of the molecule is CCCCC/C=C\C/C=C\C/C=C\C/C=C\CCCC(=O)OCC(O)COP(=O)(O)OCC(NC(=O)CCCCCCCCCCCCCCCCCCC)C(=O)O. The van der Waals surface area contributed by atoms with Gasteiger partial charge in [-0.25, -0.2) is 9.36 Å². The van der Waals surface area contributed by atoms with E-state index in [2.05, 4.69) is 55.6 Å². The molecule has 0 aliphatic heterocycles. The van der Waals surface area contributed by atoms with Crippen LogP contribution in [0.5, 0.6) is 0 Å². The smallest absolute Gasteiger partial charge is 0.472 e. The number of aliphatic carboxylic acids is 1. The Morgan fingerprint density at radius 2 is 0.966 bits per heavy atom. The minimum Gasteiger partial charge on any atom is -0.480 e. The van der Waals surface area contributed by atoms with Crippen molar-refractivity contribution >= 4 is 25.7 Å². The highest BCUT2D eigenvalue weighted by Gasteiger charge is 2.28. The first-order valence-corrected chi connectivity index (χ1v) is 24.2. The lowest BCUT2D eigenvalue weighted by molar-refractivity contribution is -0.147. The molecule has 0 aliphatic carbocycles. The Morgan fingerprint density at radius 3 is 1.45 bits per heavy atom. The number of allylic oxidation sites excluding steroid dienone is 8. The van der Waals surface area contributed by atoms with Gasteiger partial charge in [-0.2, -0.15) is 0 Å². The number of carboxylic acids is 1. The molecule has 11 nitrogen and oxygen atoms in total. The van der Waals surface area contributed by atoms with E-state index in [0.717, 1.165) is 44.9 Å². The first kappa shape index (κ1) is 55.4. The van der Waals surface area contributed by atoms with Crippen LogP contribution in [0.25, 0.3) is 0 Å². The number of phosphoric acid groups is 1. The normalized spacial score (nSPS) is 14.1. The van der Waals surface area contributed by atoms with Gasteiger partial charge in [0.25, 0.3) is 0 Å².